The van der Waals surface area contributed by atoms with Crippen molar-refractivity contribution < 1.29 is 9.53 Å². The van der Waals surface area contributed by atoms with Crippen LogP contribution in [0.15, 0.2) is 86.8 Å². The van der Waals surface area contributed by atoms with Crippen LogP contribution in [0.1, 0.15) is 12.5 Å². The van der Waals surface area contributed by atoms with E-state index in [2.05, 4.69) is 90.3 Å². The van der Waals surface area contributed by atoms with Crippen LogP contribution in [0, 0.1) is 0 Å². The lowest BCUT2D eigenvalue weighted by Crippen LogP contribution is -2.24. The average molecular weight is 579 g/mol. The average Bonchev–Trinajstić information content (AvgIpc) is 3.16. The molecule has 170 valence electrons. The normalized spacial score (nSPS) is 11.6. The summed E-state index contributed by atoms with van der Waals surface area (Å²) in [4.78, 5) is 12.3. The second kappa shape index (κ2) is 9.60. The van der Waals surface area contributed by atoms with Crippen LogP contribution in [0.2, 0.25) is 0 Å². The van der Waals surface area contributed by atoms with Gasteiger partial charge in [-0.25, -0.2) is 5.43 Å². The molecule has 7 heteroatoms. The van der Waals surface area contributed by atoms with E-state index in [9.17, 15) is 4.79 Å². The molecule has 0 aliphatic heterocycles. The minimum atomic E-state index is -0.331. The number of nitrogens with one attached hydrogen (secondary N) is 1. The lowest BCUT2D eigenvalue weighted by atomic mass is 10.1. The highest BCUT2D eigenvalue weighted by molar-refractivity contribution is 9.11. The number of hydrogen-bond acceptors (Lipinski definition) is 3. The Labute approximate surface area is 213 Å². The molecule has 1 amide bonds. The van der Waals surface area contributed by atoms with Crippen LogP contribution in [0.3, 0.4) is 0 Å². The molecular formula is C27H21Br2N3O2. The van der Waals surface area contributed by atoms with E-state index in [-0.39, 0.29) is 12.5 Å². The highest BCUT2D eigenvalue weighted by atomic mass is 79.9. The number of benzene rings is 4. The predicted octanol–water partition coefficient (Wildman–Crippen LogP) is 7.02. The van der Waals surface area contributed by atoms with Gasteiger partial charge in [0.1, 0.15) is 5.75 Å². The summed E-state index contributed by atoms with van der Waals surface area (Å²) >= 11 is 7.06. The number of aryl methyl sites for hydroxylation is 1. The zero-order chi connectivity index (χ0) is 23.7. The minimum Gasteiger partial charge on any atom is -0.483 e. The van der Waals surface area contributed by atoms with Crippen LogP contribution < -0.4 is 10.2 Å². The second-order valence-electron chi connectivity index (χ2n) is 7.86. The minimum absolute atomic E-state index is 0.138. The molecule has 34 heavy (non-hydrogen) atoms. The van der Waals surface area contributed by atoms with Gasteiger partial charge in [0.25, 0.3) is 5.91 Å². The Morgan fingerprint density at radius 3 is 2.65 bits per heavy atom. The van der Waals surface area contributed by atoms with Gasteiger partial charge in [0.2, 0.25) is 0 Å². The first-order valence-corrected chi connectivity index (χ1v) is 12.5. The number of amides is 1. The van der Waals surface area contributed by atoms with Crippen molar-refractivity contribution in [1.29, 1.82) is 0 Å². The van der Waals surface area contributed by atoms with Crippen molar-refractivity contribution >= 4 is 76.6 Å². The molecule has 0 saturated heterocycles. The molecule has 0 atom stereocenters. The first kappa shape index (κ1) is 22.6. The summed E-state index contributed by atoms with van der Waals surface area (Å²) in [6, 6.07) is 24.4. The Morgan fingerprint density at radius 2 is 1.79 bits per heavy atom. The summed E-state index contributed by atoms with van der Waals surface area (Å²) in [6.45, 7) is 2.91. The molecule has 0 radical (unpaired) electrons. The molecule has 5 rings (SSSR count). The second-order valence-corrected chi connectivity index (χ2v) is 9.57. The lowest BCUT2D eigenvalue weighted by Gasteiger charge is -2.10. The number of fused-ring (bicyclic) bond motifs is 4. The number of carbonyl (C=O) groups is 1. The molecule has 0 bridgehead atoms. The van der Waals surface area contributed by atoms with Crippen LogP contribution >= 0.6 is 31.9 Å². The third-order valence-corrected chi connectivity index (χ3v) is 7.07. The van der Waals surface area contributed by atoms with E-state index in [0.717, 1.165) is 31.8 Å². The Bertz CT molecular complexity index is 1570. The van der Waals surface area contributed by atoms with Gasteiger partial charge in [0.15, 0.2) is 6.61 Å². The Hall–Kier alpha value is -3.16. The topological polar surface area (TPSA) is 55.6 Å². The fourth-order valence-corrected chi connectivity index (χ4v) is 5.19. The Kier molecular flexibility index (Phi) is 6.39. The quantitative estimate of drug-likeness (QED) is 0.174. The molecule has 1 aromatic heterocycles. The number of aromatic nitrogens is 1. The smallest absolute Gasteiger partial charge is 0.277 e. The summed E-state index contributed by atoms with van der Waals surface area (Å²) in [5, 5.41) is 8.58. The number of nitrogens with zero attached hydrogens (tertiary/aromatic N) is 2. The van der Waals surface area contributed by atoms with E-state index in [1.807, 2.05) is 36.4 Å². The Morgan fingerprint density at radius 1 is 0.971 bits per heavy atom. The molecule has 4 aromatic carbocycles. The summed E-state index contributed by atoms with van der Waals surface area (Å²) in [5.41, 5.74) is 5.86. The molecule has 1 heterocycles. The lowest BCUT2D eigenvalue weighted by molar-refractivity contribution is -0.123. The molecular weight excluding hydrogens is 558 g/mol. The highest BCUT2D eigenvalue weighted by Gasteiger charge is 2.10. The highest BCUT2D eigenvalue weighted by Crippen LogP contribution is 2.34. The number of carbonyl (C=O) groups excluding carboxylic acids is 1. The SMILES string of the molecule is CCn1c2ccccc2c2cc(C=NNC(=O)COc3ccc4cc(Br)ccc4c3Br)ccc21. The molecule has 0 aliphatic carbocycles. The van der Waals surface area contributed by atoms with E-state index < -0.39 is 0 Å². The summed E-state index contributed by atoms with van der Waals surface area (Å²) in [6.07, 6.45) is 1.65. The van der Waals surface area contributed by atoms with Crippen LogP contribution in [-0.2, 0) is 11.3 Å². The first-order chi connectivity index (χ1) is 16.5. The van der Waals surface area contributed by atoms with Gasteiger partial charge in [-0.1, -0.05) is 52.3 Å². The van der Waals surface area contributed by atoms with E-state index in [0.29, 0.717) is 5.75 Å². The fraction of sp³-hybridized carbons (Fsp3) is 0.111. The molecule has 5 aromatic rings. The van der Waals surface area contributed by atoms with E-state index in [1.165, 1.54) is 21.8 Å². The maximum absolute atomic E-state index is 12.3. The molecule has 0 aliphatic rings. The number of halogens is 2. The molecule has 5 nitrogen and oxygen atoms in total. The number of para-hydroxylation sites is 1. The van der Waals surface area contributed by atoms with Crippen molar-refractivity contribution in [1.82, 2.24) is 9.99 Å². The molecule has 0 fully saturated rings. The van der Waals surface area contributed by atoms with Crippen molar-refractivity contribution in [3.8, 4) is 5.75 Å². The zero-order valence-corrected chi connectivity index (χ0v) is 21.6. The van der Waals surface area contributed by atoms with Crippen LogP contribution in [0.4, 0.5) is 0 Å². The summed E-state index contributed by atoms with van der Waals surface area (Å²) in [7, 11) is 0. The fourth-order valence-electron chi connectivity index (χ4n) is 4.20. The maximum Gasteiger partial charge on any atom is 0.277 e. The van der Waals surface area contributed by atoms with Gasteiger partial charge in [-0.05, 0) is 75.6 Å². The third-order valence-electron chi connectivity index (χ3n) is 5.75. The van der Waals surface area contributed by atoms with E-state index in [1.54, 1.807) is 6.21 Å². The van der Waals surface area contributed by atoms with Crippen LogP contribution in [0.25, 0.3) is 32.6 Å². The number of hydrazone groups is 1. The van der Waals surface area contributed by atoms with Crippen LogP contribution in [-0.4, -0.2) is 23.3 Å². The third kappa shape index (κ3) is 4.33. The zero-order valence-electron chi connectivity index (χ0n) is 18.4. The molecule has 0 saturated carbocycles. The number of ether oxygens (including phenoxy) is 1. The van der Waals surface area contributed by atoms with Gasteiger partial charge in [0.05, 0.1) is 10.7 Å². The van der Waals surface area contributed by atoms with Gasteiger partial charge >= 0.3 is 0 Å². The van der Waals surface area contributed by atoms with Gasteiger partial charge in [-0.3, -0.25) is 4.79 Å². The molecule has 0 spiro atoms. The molecule has 0 unspecified atom stereocenters. The first-order valence-electron chi connectivity index (χ1n) is 10.9. The van der Waals surface area contributed by atoms with Crippen LogP contribution in [0.5, 0.6) is 5.75 Å². The maximum atomic E-state index is 12.3. The van der Waals surface area contributed by atoms with Gasteiger partial charge < -0.3 is 9.30 Å². The monoisotopic (exact) mass is 577 g/mol. The number of rotatable bonds is 6. The number of hydrogen-bond donors (Lipinski definition) is 1. The predicted molar refractivity (Wildman–Crippen MR) is 146 cm³/mol. The van der Waals surface area contributed by atoms with Gasteiger partial charge in [-0.15, -0.1) is 0 Å². The van der Waals surface area contributed by atoms with Crippen molar-refractivity contribution in [3.05, 3.63) is 87.3 Å². The Balaban J connectivity index is 1.27. The van der Waals surface area contributed by atoms with Gasteiger partial charge in [-0.2, -0.15) is 5.10 Å². The summed E-state index contributed by atoms with van der Waals surface area (Å²) < 4.78 is 9.83. The molecule has 1 N–H and O–H groups in total. The summed E-state index contributed by atoms with van der Waals surface area (Å²) in [5.74, 6) is 0.273. The van der Waals surface area contributed by atoms with Crippen molar-refractivity contribution in [3.63, 3.8) is 0 Å². The van der Waals surface area contributed by atoms with E-state index in [4.69, 9.17) is 4.74 Å². The van der Waals surface area contributed by atoms with Gasteiger partial charge in [0, 0.05) is 32.8 Å². The van der Waals surface area contributed by atoms with Crippen molar-refractivity contribution in [2.24, 2.45) is 5.10 Å². The standard InChI is InChI=1S/C27H21Br2N3O2/c1-2-32-23-6-4-3-5-21(23)22-13-17(7-11-24(22)32)15-30-31-26(33)16-34-25-12-8-18-14-19(28)9-10-20(18)27(25)29/h3-15H,2,16H2,1H3,(H,31,33). The van der Waals surface area contributed by atoms with Crippen molar-refractivity contribution in [2.75, 3.05) is 6.61 Å². The van der Waals surface area contributed by atoms with Crippen molar-refractivity contribution in [2.45, 2.75) is 13.5 Å². The largest absolute Gasteiger partial charge is 0.483 e. The van der Waals surface area contributed by atoms with E-state index >= 15 is 0 Å².